The lowest BCUT2D eigenvalue weighted by molar-refractivity contribution is -0.105. The second kappa shape index (κ2) is 12.1. The van der Waals surface area contributed by atoms with Crippen molar-refractivity contribution in [2.24, 2.45) is 5.73 Å². The average molecular weight is 267 g/mol. The third kappa shape index (κ3) is 7.96. The molecule has 2 N–H and O–H groups in total. The molecule has 0 heterocycles. The first-order chi connectivity index (χ1) is 9.27. The first-order valence-electron chi connectivity index (χ1n) is 7.42. The van der Waals surface area contributed by atoms with E-state index in [0.717, 1.165) is 24.7 Å². The van der Waals surface area contributed by atoms with Crippen LogP contribution in [0.15, 0.2) is 23.8 Å². The smallest absolute Gasteiger partial charge is 0.146 e. The Labute approximate surface area is 117 Å². The van der Waals surface area contributed by atoms with Gasteiger partial charge in [0.25, 0.3) is 0 Å². The molecule has 110 valence electrons. The molecule has 2 atom stereocenters. The van der Waals surface area contributed by atoms with Gasteiger partial charge in [-0.25, -0.2) is 0 Å². The zero-order valence-electron chi connectivity index (χ0n) is 12.6. The molecule has 0 bridgehead atoms. The second-order valence-corrected chi connectivity index (χ2v) is 4.49. The Morgan fingerprint density at radius 2 is 2.00 bits per heavy atom. The lowest BCUT2D eigenvalue weighted by Crippen LogP contribution is -2.39. The van der Waals surface area contributed by atoms with Gasteiger partial charge in [0.2, 0.25) is 0 Å². The van der Waals surface area contributed by atoms with Crippen molar-refractivity contribution in [2.45, 2.75) is 65.0 Å². The number of carbonyl (C=O) groups is 1. The highest BCUT2D eigenvalue weighted by molar-refractivity contribution is 5.73. The Bertz CT molecular complexity index is 284. The first-order valence-corrected chi connectivity index (χ1v) is 7.42. The lowest BCUT2D eigenvalue weighted by atomic mass is 9.93. The molecule has 0 aliphatic heterocycles. The topological polar surface area (TPSA) is 52.3 Å². The Balaban J connectivity index is 0.00000154. The molecule has 19 heavy (non-hydrogen) atoms. The summed E-state index contributed by atoms with van der Waals surface area (Å²) in [7, 11) is 0. The van der Waals surface area contributed by atoms with Crippen molar-refractivity contribution < 1.29 is 9.53 Å². The molecule has 0 aromatic rings. The maximum absolute atomic E-state index is 10.8. The molecule has 3 heteroatoms. The quantitative estimate of drug-likeness (QED) is 0.456. The van der Waals surface area contributed by atoms with Gasteiger partial charge in [-0.1, -0.05) is 44.9 Å². The standard InChI is InChI=1S/C14H23NO2.C2H6/c1-2-3-6-12(11-16)9-10-17-14-8-5-4-7-13(14)15;1-2/h2-3,6,11,13-14H,4-5,7-10,15H2,1H3;1-2H3/b3-2-,12-6-;. The summed E-state index contributed by atoms with van der Waals surface area (Å²) in [4.78, 5) is 10.8. The van der Waals surface area contributed by atoms with Crippen molar-refractivity contribution >= 4 is 6.29 Å². The van der Waals surface area contributed by atoms with E-state index in [1.54, 1.807) is 0 Å². The zero-order chi connectivity index (χ0) is 14.5. The highest BCUT2D eigenvalue weighted by atomic mass is 16.5. The molecule has 1 fully saturated rings. The van der Waals surface area contributed by atoms with Gasteiger partial charge in [0.05, 0.1) is 12.7 Å². The van der Waals surface area contributed by atoms with Crippen molar-refractivity contribution in [2.75, 3.05) is 6.61 Å². The van der Waals surface area contributed by atoms with Crippen LogP contribution in [0.3, 0.4) is 0 Å². The Morgan fingerprint density at radius 3 is 2.58 bits per heavy atom. The van der Waals surface area contributed by atoms with Crippen LogP contribution in [0.2, 0.25) is 0 Å². The van der Waals surface area contributed by atoms with Gasteiger partial charge in [-0.3, -0.25) is 4.79 Å². The van der Waals surface area contributed by atoms with Crippen LogP contribution >= 0.6 is 0 Å². The SMILES string of the molecule is C/C=C\C=C(/C=O)CCOC1CCCCC1N.CC. The fourth-order valence-corrected chi connectivity index (χ4v) is 2.06. The van der Waals surface area contributed by atoms with E-state index in [9.17, 15) is 4.79 Å². The van der Waals surface area contributed by atoms with Crippen LogP contribution in [-0.4, -0.2) is 25.0 Å². The van der Waals surface area contributed by atoms with Crippen LogP contribution in [0.25, 0.3) is 0 Å². The fourth-order valence-electron chi connectivity index (χ4n) is 2.06. The van der Waals surface area contributed by atoms with E-state index < -0.39 is 0 Å². The summed E-state index contributed by atoms with van der Waals surface area (Å²) in [5.74, 6) is 0. The molecule has 0 spiro atoms. The van der Waals surface area contributed by atoms with E-state index in [0.29, 0.717) is 13.0 Å². The minimum atomic E-state index is 0.169. The molecule has 0 aromatic carbocycles. The van der Waals surface area contributed by atoms with Crippen LogP contribution < -0.4 is 5.73 Å². The van der Waals surface area contributed by atoms with E-state index >= 15 is 0 Å². The maximum atomic E-state index is 10.8. The number of rotatable bonds is 6. The molecule has 1 saturated carbocycles. The fraction of sp³-hybridized carbons (Fsp3) is 0.688. The summed E-state index contributed by atoms with van der Waals surface area (Å²) >= 11 is 0. The largest absolute Gasteiger partial charge is 0.376 e. The number of aldehydes is 1. The van der Waals surface area contributed by atoms with Gasteiger partial charge in [-0.05, 0) is 31.8 Å². The summed E-state index contributed by atoms with van der Waals surface area (Å²) in [5, 5.41) is 0. The maximum Gasteiger partial charge on any atom is 0.146 e. The van der Waals surface area contributed by atoms with Crippen molar-refractivity contribution in [1.29, 1.82) is 0 Å². The van der Waals surface area contributed by atoms with Gasteiger partial charge in [-0.2, -0.15) is 0 Å². The zero-order valence-corrected chi connectivity index (χ0v) is 12.6. The van der Waals surface area contributed by atoms with Gasteiger partial charge in [-0.15, -0.1) is 0 Å². The second-order valence-electron chi connectivity index (χ2n) is 4.49. The van der Waals surface area contributed by atoms with Crippen molar-refractivity contribution in [3.05, 3.63) is 23.8 Å². The highest BCUT2D eigenvalue weighted by Gasteiger charge is 2.21. The molecule has 1 rings (SSSR count). The van der Waals surface area contributed by atoms with E-state index in [1.807, 2.05) is 39.0 Å². The number of carbonyl (C=O) groups excluding carboxylic acids is 1. The monoisotopic (exact) mass is 267 g/mol. The number of hydrogen-bond donors (Lipinski definition) is 1. The van der Waals surface area contributed by atoms with Gasteiger partial charge in [0.15, 0.2) is 0 Å². The molecule has 3 nitrogen and oxygen atoms in total. The predicted molar refractivity (Wildman–Crippen MR) is 81.1 cm³/mol. The van der Waals surface area contributed by atoms with E-state index in [-0.39, 0.29) is 12.1 Å². The molecule has 0 aromatic heterocycles. The highest BCUT2D eigenvalue weighted by Crippen LogP contribution is 2.20. The average Bonchev–Trinajstić information content (AvgIpc) is 2.46. The van der Waals surface area contributed by atoms with Crippen molar-refractivity contribution in [3.63, 3.8) is 0 Å². The van der Waals surface area contributed by atoms with E-state index in [2.05, 4.69) is 0 Å². The Kier molecular flexibility index (Phi) is 11.5. The molecule has 0 saturated heterocycles. The van der Waals surface area contributed by atoms with Crippen molar-refractivity contribution in [3.8, 4) is 0 Å². The summed E-state index contributed by atoms with van der Waals surface area (Å²) in [6.45, 7) is 6.51. The third-order valence-corrected chi connectivity index (χ3v) is 3.13. The van der Waals surface area contributed by atoms with Crippen molar-refractivity contribution in [1.82, 2.24) is 0 Å². The van der Waals surface area contributed by atoms with Crippen LogP contribution in [0, 0.1) is 0 Å². The van der Waals surface area contributed by atoms with E-state index in [4.69, 9.17) is 10.5 Å². The summed E-state index contributed by atoms with van der Waals surface area (Å²) in [6.07, 6.45) is 11.9. The number of ether oxygens (including phenoxy) is 1. The normalized spacial score (nSPS) is 23.9. The summed E-state index contributed by atoms with van der Waals surface area (Å²) in [6, 6.07) is 0.169. The molecular weight excluding hydrogens is 238 g/mol. The lowest BCUT2D eigenvalue weighted by Gasteiger charge is -2.28. The van der Waals surface area contributed by atoms with Gasteiger partial charge >= 0.3 is 0 Å². The minimum Gasteiger partial charge on any atom is -0.376 e. The van der Waals surface area contributed by atoms with Crippen LogP contribution in [0.1, 0.15) is 52.9 Å². The summed E-state index contributed by atoms with van der Waals surface area (Å²) < 4.78 is 5.76. The molecule has 2 unspecified atom stereocenters. The number of hydrogen-bond acceptors (Lipinski definition) is 3. The van der Waals surface area contributed by atoms with Gasteiger partial charge in [0, 0.05) is 6.04 Å². The molecule has 1 aliphatic rings. The third-order valence-electron chi connectivity index (χ3n) is 3.13. The minimum absolute atomic E-state index is 0.169. The Morgan fingerprint density at radius 1 is 1.32 bits per heavy atom. The number of nitrogens with two attached hydrogens (primary N) is 1. The molecular formula is C16H29NO2. The number of allylic oxidation sites excluding steroid dienone is 3. The predicted octanol–water partition coefficient (Wildman–Crippen LogP) is 3.39. The van der Waals surface area contributed by atoms with Crippen LogP contribution in [-0.2, 0) is 9.53 Å². The first kappa shape index (κ1) is 18.1. The van der Waals surface area contributed by atoms with E-state index in [1.165, 1.54) is 12.8 Å². The molecule has 0 radical (unpaired) electrons. The molecule has 0 amide bonds. The van der Waals surface area contributed by atoms with Crippen LogP contribution in [0.4, 0.5) is 0 Å². The van der Waals surface area contributed by atoms with Gasteiger partial charge < -0.3 is 10.5 Å². The molecule has 1 aliphatic carbocycles. The summed E-state index contributed by atoms with van der Waals surface area (Å²) in [5.41, 5.74) is 6.76. The Hall–Kier alpha value is -0.930. The van der Waals surface area contributed by atoms with Crippen LogP contribution in [0.5, 0.6) is 0 Å². The van der Waals surface area contributed by atoms with Gasteiger partial charge in [0.1, 0.15) is 6.29 Å².